The Labute approximate surface area is 131 Å². The fourth-order valence-corrected chi connectivity index (χ4v) is 2.45. The highest BCUT2D eigenvalue weighted by molar-refractivity contribution is 6.03. The van der Waals surface area contributed by atoms with E-state index >= 15 is 0 Å². The molecule has 1 aromatic carbocycles. The van der Waals surface area contributed by atoms with Gasteiger partial charge in [-0.05, 0) is 31.4 Å². The van der Waals surface area contributed by atoms with Crippen LogP contribution in [0.2, 0.25) is 0 Å². The fraction of sp³-hybridized carbons (Fsp3) is 0.529. The van der Waals surface area contributed by atoms with Gasteiger partial charge in [-0.25, -0.2) is 0 Å². The molecule has 2 N–H and O–H groups in total. The summed E-state index contributed by atoms with van der Waals surface area (Å²) in [5.74, 6) is -0.233. The minimum Gasteiger partial charge on any atom is -0.376 e. The summed E-state index contributed by atoms with van der Waals surface area (Å²) in [6.07, 6.45) is 4.42. The molecule has 1 atom stereocenters. The lowest BCUT2D eigenvalue weighted by molar-refractivity contribution is -0.116. The van der Waals surface area contributed by atoms with Gasteiger partial charge in [0.1, 0.15) is 0 Å². The minimum atomic E-state index is -0.179. The smallest absolute Gasteiger partial charge is 0.253 e. The average molecular weight is 304 g/mol. The maximum Gasteiger partial charge on any atom is 0.253 e. The third kappa shape index (κ3) is 4.84. The van der Waals surface area contributed by atoms with Gasteiger partial charge in [-0.3, -0.25) is 9.59 Å². The highest BCUT2D eigenvalue weighted by atomic mass is 16.5. The molecule has 120 valence electrons. The van der Waals surface area contributed by atoms with Gasteiger partial charge >= 0.3 is 0 Å². The number of carbonyl (C=O) groups is 2. The van der Waals surface area contributed by atoms with Gasteiger partial charge in [-0.2, -0.15) is 0 Å². The lowest BCUT2D eigenvalue weighted by Crippen LogP contribution is -2.32. The Morgan fingerprint density at radius 2 is 2.14 bits per heavy atom. The highest BCUT2D eigenvalue weighted by Crippen LogP contribution is 2.16. The first-order valence-electron chi connectivity index (χ1n) is 7.99. The van der Waals surface area contributed by atoms with E-state index in [4.69, 9.17) is 4.74 Å². The molecule has 0 aliphatic carbocycles. The standard InChI is InChI=1S/C17H24N2O3/c1-2-3-10-16(20)19-15-9-5-4-8-14(15)17(21)18-12-13-7-6-11-22-13/h4-5,8-9,13H,2-3,6-7,10-12H2,1H3,(H,18,21)(H,19,20). The molecule has 1 fully saturated rings. The zero-order valence-electron chi connectivity index (χ0n) is 13.1. The molecule has 1 heterocycles. The number of para-hydroxylation sites is 1. The summed E-state index contributed by atoms with van der Waals surface area (Å²) in [6, 6.07) is 7.08. The topological polar surface area (TPSA) is 67.4 Å². The molecule has 0 saturated carbocycles. The van der Waals surface area contributed by atoms with Crippen LogP contribution in [-0.2, 0) is 9.53 Å². The third-order valence-electron chi connectivity index (χ3n) is 3.72. The van der Waals surface area contributed by atoms with E-state index in [-0.39, 0.29) is 17.9 Å². The van der Waals surface area contributed by atoms with Gasteiger partial charge in [0.25, 0.3) is 5.91 Å². The van der Waals surface area contributed by atoms with Crippen LogP contribution < -0.4 is 10.6 Å². The van der Waals surface area contributed by atoms with E-state index < -0.39 is 0 Å². The largest absolute Gasteiger partial charge is 0.376 e. The van der Waals surface area contributed by atoms with E-state index in [9.17, 15) is 9.59 Å². The maximum absolute atomic E-state index is 12.3. The summed E-state index contributed by atoms with van der Waals surface area (Å²) in [5.41, 5.74) is 1.05. The summed E-state index contributed by atoms with van der Waals surface area (Å²) in [7, 11) is 0. The van der Waals surface area contributed by atoms with Gasteiger partial charge in [0, 0.05) is 19.6 Å². The number of benzene rings is 1. The quantitative estimate of drug-likeness (QED) is 0.814. The van der Waals surface area contributed by atoms with Crippen molar-refractivity contribution in [2.24, 2.45) is 0 Å². The average Bonchev–Trinajstić information content (AvgIpc) is 3.04. The third-order valence-corrected chi connectivity index (χ3v) is 3.72. The summed E-state index contributed by atoms with van der Waals surface area (Å²) in [6.45, 7) is 3.32. The molecule has 5 heteroatoms. The predicted molar refractivity (Wildman–Crippen MR) is 85.9 cm³/mol. The monoisotopic (exact) mass is 304 g/mol. The van der Waals surface area contributed by atoms with Gasteiger partial charge < -0.3 is 15.4 Å². The Bertz CT molecular complexity index is 510. The van der Waals surface area contributed by atoms with E-state index in [0.29, 0.717) is 24.2 Å². The molecular weight excluding hydrogens is 280 g/mol. The van der Waals surface area contributed by atoms with E-state index in [0.717, 1.165) is 32.3 Å². The Hall–Kier alpha value is -1.88. The van der Waals surface area contributed by atoms with Crippen molar-refractivity contribution in [3.8, 4) is 0 Å². The Kier molecular flexibility index (Phi) is 6.40. The molecular formula is C17H24N2O3. The molecule has 0 bridgehead atoms. The number of nitrogens with one attached hydrogen (secondary N) is 2. The molecule has 1 aliphatic heterocycles. The lowest BCUT2D eigenvalue weighted by Gasteiger charge is -2.13. The second-order valence-corrected chi connectivity index (χ2v) is 5.54. The van der Waals surface area contributed by atoms with Gasteiger partial charge in [0.15, 0.2) is 0 Å². The van der Waals surface area contributed by atoms with E-state index in [1.807, 2.05) is 13.0 Å². The molecule has 0 spiro atoms. The van der Waals surface area contributed by atoms with Crippen LogP contribution in [0.4, 0.5) is 5.69 Å². The second kappa shape index (κ2) is 8.54. The van der Waals surface area contributed by atoms with Crippen molar-refractivity contribution in [3.05, 3.63) is 29.8 Å². The van der Waals surface area contributed by atoms with Crippen molar-refractivity contribution in [2.45, 2.75) is 45.1 Å². The number of amides is 2. The number of unbranched alkanes of at least 4 members (excludes halogenated alkanes) is 1. The Morgan fingerprint density at radius 1 is 1.32 bits per heavy atom. The van der Waals surface area contributed by atoms with Crippen LogP contribution in [0, 0.1) is 0 Å². The molecule has 2 amide bonds. The number of rotatable bonds is 7. The first-order valence-corrected chi connectivity index (χ1v) is 7.99. The Balaban J connectivity index is 1.94. The van der Waals surface area contributed by atoms with Gasteiger partial charge in [-0.15, -0.1) is 0 Å². The van der Waals surface area contributed by atoms with Crippen LogP contribution in [-0.4, -0.2) is 31.1 Å². The number of ether oxygens (including phenoxy) is 1. The molecule has 1 saturated heterocycles. The number of hydrogen-bond acceptors (Lipinski definition) is 3. The first-order chi connectivity index (χ1) is 10.7. The van der Waals surface area contributed by atoms with Crippen LogP contribution in [0.25, 0.3) is 0 Å². The summed E-state index contributed by atoms with van der Waals surface area (Å²) in [4.78, 5) is 24.2. The number of hydrogen-bond donors (Lipinski definition) is 2. The Morgan fingerprint density at radius 3 is 2.86 bits per heavy atom. The van der Waals surface area contributed by atoms with E-state index in [1.165, 1.54) is 0 Å². The molecule has 0 radical (unpaired) electrons. The van der Waals surface area contributed by atoms with Crippen molar-refractivity contribution >= 4 is 17.5 Å². The van der Waals surface area contributed by atoms with Gasteiger partial charge in [-0.1, -0.05) is 25.5 Å². The zero-order chi connectivity index (χ0) is 15.8. The minimum absolute atomic E-state index is 0.0544. The zero-order valence-corrected chi connectivity index (χ0v) is 13.1. The molecule has 22 heavy (non-hydrogen) atoms. The van der Waals surface area contributed by atoms with Crippen LogP contribution in [0.1, 0.15) is 49.4 Å². The van der Waals surface area contributed by atoms with Crippen LogP contribution in [0.5, 0.6) is 0 Å². The normalized spacial score (nSPS) is 17.2. The first kappa shape index (κ1) is 16.5. The molecule has 2 rings (SSSR count). The van der Waals surface area contributed by atoms with Gasteiger partial charge in [0.05, 0.1) is 17.4 Å². The van der Waals surface area contributed by atoms with Crippen molar-refractivity contribution in [1.82, 2.24) is 5.32 Å². The van der Waals surface area contributed by atoms with E-state index in [2.05, 4.69) is 10.6 Å². The summed E-state index contributed by atoms with van der Waals surface area (Å²) >= 11 is 0. The molecule has 5 nitrogen and oxygen atoms in total. The highest BCUT2D eigenvalue weighted by Gasteiger charge is 2.18. The number of anilines is 1. The van der Waals surface area contributed by atoms with Crippen molar-refractivity contribution in [1.29, 1.82) is 0 Å². The predicted octanol–water partition coefficient (Wildman–Crippen LogP) is 2.72. The maximum atomic E-state index is 12.3. The van der Waals surface area contributed by atoms with Crippen LogP contribution >= 0.6 is 0 Å². The lowest BCUT2D eigenvalue weighted by atomic mass is 10.1. The van der Waals surface area contributed by atoms with Crippen molar-refractivity contribution < 1.29 is 14.3 Å². The van der Waals surface area contributed by atoms with Gasteiger partial charge in [0.2, 0.25) is 5.91 Å². The SMILES string of the molecule is CCCCC(=O)Nc1ccccc1C(=O)NCC1CCCO1. The molecule has 1 aliphatic rings. The van der Waals surface area contributed by atoms with Crippen molar-refractivity contribution in [3.63, 3.8) is 0 Å². The second-order valence-electron chi connectivity index (χ2n) is 5.54. The molecule has 0 aromatic heterocycles. The van der Waals surface area contributed by atoms with Crippen molar-refractivity contribution in [2.75, 3.05) is 18.5 Å². The summed E-state index contributed by atoms with van der Waals surface area (Å²) in [5, 5.41) is 5.71. The van der Waals surface area contributed by atoms with Crippen LogP contribution in [0.15, 0.2) is 24.3 Å². The van der Waals surface area contributed by atoms with Crippen LogP contribution in [0.3, 0.4) is 0 Å². The summed E-state index contributed by atoms with van der Waals surface area (Å²) < 4.78 is 5.49. The number of carbonyl (C=O) groups excluding carboxylic acids is 2. The van der Waals surface area contributed by atoms with E-state index in [1.54, 1.807) is 18.2 Å². The fourth-order valence-electron chi connectivity index (χ4n) is 2.45. The molecule has 1 unspecified atom stereocenters. The molecule has 1 aromatic rings.